The Labute approximate surface area is 69.3 Å². The van der Waals surface area contributed by atoms with Crippen LogP contribution in [0.4, 0.5) is 8.78 Å². The first-order valence-corrected chi connectivity index (χ1v) is 3.72. The zero-order valence-corrected chi connectivity index (χ0v) is 6.82. The summed E-state index contributed by atoms with van der Waals surface area (Å²) in [4.78, 5) is 20.0. The molecule has 0 radical (unpaired) electrons. The second-order valence-corrected chi connectivity index (χ2v) is 3.30. The minimum atomic E-state index is -3.43. The number of carbonyl (C=O) groups excluding carboxylic acids is 2. The van der Waals surface area contributed by atoms with Crippen molar-refractivity contribution in [3.8, 4) is 0 Å². The van der Waals surface area contributed by atoms with Crippen molar-refractivity contribution in [2.45, 2.75) is 17.2 Å². The van der Waals surface area contributed by atoms with Gasteiger partial charge in [0.25, 0.3) is 5.91 Å². The van der Waals surface area contributed by atoms with Crippen molar-refractivity contribution in [2.75, 3.05) is 0 Å². The van der Waals surface area contributed by atoms with Crippen LogP contribution in [0.5, 0.6) is 0 Å². The molecule has 11 heavy (non-hydrogen) atoms. The zero-order chi connectivity index (χ0) is 8.65. The maximum absolute atomic E-state index is 12.4. The van der Waals surface area contributed by atoms with Crippen molar-refractivity contribution in [3.63, 3.8) is 0 Å². The van der Waals surface area contributed by atoms with Crippen molar-refractivity contribution in [1.82, 2.24) is 5.32 Å². The predicted molar refractivity (Wildman–Crippen MR) is 35.4 cm³/mol. The molecule has 1 saturated heterocycles. The lowest BCUT2D eigenvalue weighted by Gasteiger charge is -2.23. The third kappa shape index (κ3) is 1.55. The van der Waals surface area contributed by atoms with E-state index in [1.165, 1.54) is 0 Å². The van der Waals surface area contributed by atoms with E-state index in [9.17, 15) is 18.4 Å². The number of hydrogen-bond donors (Lipinski definition) is 1. The van der Waals surface area contributed by atoms with E-state index < -0.39 is 29.0 Å². The van der Waals surface area contributed by atoms with E-state index in [1.807, 2.05) is 0 Å². The highest BCUT2D eigenvalue weighted by Gasteiger charge is 2.47. The highest BCUT2D eigenvalue weighted by atomic mass is 79.9. The van der Waals surface area contributed by atoms with Gasteiger partial charge in [0.1, 0.15) is 0 Å². The van der Waals surface area contributed by atoms with Crippen LogP contribution < -0.4 is 5.32 Å². The standard InChI is InChI=1S/C5H4BrF2NO2/c6-2-1-5(7,8)4(11)9-3(2)10/h2H,1H2,(H,9,10,11). The number of piperidine rings is 1. The molecule has 0 bridgehead atoms. The number of alkyl halides is 3. The van der Waals surface area contributed by atoms with Gasteiger partial charge < -0.3 is 0 Å². The summed E-state index contributed by atoms with van der Waals surface area (Å²) in [6.45, 7) is 0. The van der Waals surface area contributed by atoms with Crippen molar-refractivity contribution in [2.24, 2.45) is 0 Å². The van der Waals surface area contributed by atoms with Crippen molar-refractivity contribution < 1.29 is 18.4 Å². The van der Waals surface area contributed by atoms with E-state index in [-0.39, 0.29) is 0 Å². The molecule has 0 spiro atoms. The molecule has 2 amide bonds. The molecule has 1 fully saturated rings. The Balaban J connectivity index is 2.79. The molecule has 0 aromatic carbocycles. The second kappa shape index (κ2) is 2.51. The molecule has 1 aliphatic heterocycles. The lowest BCUT2D eigenvalue weighted by atomic mass is 10.1. The normalized spacial score (nSPS) is 29.9. The Bertz CT molecular complexity index is 219. The van der Waals surface area contributed by atoms with Gasteiger partial charge in [-0.05, 0) is 0 Å². The number of amides is 2. The molecule has 1 aliphatic rings. The number of halogens is 3. The summed E-state index contributed by atoms with van der Waals surface area (Å²) < 4.78 is 24.9. The van der Waals surface area contributed by atoms with Crippen LogP contribution in [-0.4, -0.2) is 22.6 Å². The van der Waals surface area contributed by atoms with Crippen LogP contribution >= 0.6 is 15.9 Å². The maximum Gasteiger partial charge on any atom is 0.326 e. The fraction of sp³-hybridized carbons (Fsp3) is 0.600. The van der Waals surface area contributed by atoms with Gasteiger partial charge in [-0.25, -0.2) is 0 Å². The number of carbonyl (C=O) groups is 2. The monoisotopic (exact) mass is 227 g/mol. The molecule has 1 N–H and O–H groups in total. The highest BCUT2D eigenvalue weighted by molar-refractivity contribution is 9.10. The average Bonchev–Trinajstić information content (AvgIpc) is 1.83. The Morgan fingerprint density at radius 2 is 2.09 bits per heavy atom. The van der Waals surface area contributed by atoms with E-state index in [1.54, 1.807) is 5.32 Å². The molecule has 0 aliphatic carbocycles. The molecule has 6 heteroatoms. The quantitative estimate of drug-likeness (QED) is 0.482. The molecule has 3 nitrogen and oxygen atoms in total. The lowest BCUT2D eigenvalue weighted by molar-refractivity contribution is -0.154. The molecular weight excluding hydrogens is 224 g/mol. The van der Waals surface area contributed by atoms with Gasteiger partial charge in [-0.1, -0.05) is 15.9 Å². The van der Waals surface area contributed by atoms with Gasteiger partial charge in [-0.2, -0.15) is 8.78 Å². The third-order valence-electron chi connectivity index (χ3n) is 1.29. The van der Waals surface area contributed by atoms with Gasteiger partial charge in [-0.3, -0.25) is 14.9 Å². The number of nitrogens with one attached hydrogen (secondary N) is 1. The van der Waals surface area contributed by atoms with Crippen LogP contribution in [0.1, 0.15) is 6.42 Å². The van der Waals surface area contributed by atoms with Crippen LogP contribution in [-0.2, 0) is 9.59 Å². The first-order valence-electron chi connectivity index (χ1n) is 2.80. The molecule has 0 aromatic rings. The topological polar surface area (TPSA) is 46.2 Å². The summed E-state index contributed by atoms with van der Waals surface area (Å²) in [6, 6.07) is 0. The number of imide groups is 1. The van der Waals surface area contributed by atoms with Crippen molar-refractivity contribution in [3.05, 3.63) is 0 Å². The Morgan fingerprint density at radius 1 is 1.55 bits per heavy atom. The van der Waals surface area contributed by atoms with Gasteiger partial charge in [-0.15, -0.1) is 0 Å². The summed E-state index contributed by atoms with van der Waals surface area (Å²) in [6.07, 6.45) is -0.766. The van der Waals surface area contributed by atoms with E-state index in [2.05, 4.69) is 15.9 Å². The van der Waals surface area contributed by atoms with Gasteiger partial charge >= 0.3 is 5.92 Å². The van der Waals surface area contributed by atoms with Crippen LogP contribution in [0, 0.1) is 0 Å². The molecule has 62 valence electrons. The fourth-order valence-electron chi connectivity index (χ4n) is 0.692. The minimum Gasteiger partial charge on any atom is -0.290 e. The fourth-order valence-corrected chi connectivity index (χ4v) is 1.21. The average molecular weight is 228 g/mol. The third-order valence-corrected chi connectivity index (χ3v) is 2.03. The first-order chi connectivity index (χ1) is 4.93. The molecule has 1 rings (SSSR count). The Hall–Kier alpha value is -0.520. The SMILES string of the molecule is O=C1NC(=O)C(F)(F)CC1Br. The van der Waals surface area contributed by atoms with Crippen molar-refractivity contribution >= 4 is 27.7 Å². The van der Waals surface area contributed by atoms with E-state index in [0.29, 0.717) is 0 Å². The smallest absolute Gasteiger partial charge is 0.290 e. The van der Waals surface area contributed by atoms with Gasteiger partial charge in [0.05, 0.1) is 4.83 Å². The summed E-state index contributed by atoms with van der Waals surface area (Å²) in [5, 5.41) is 1.54. The predicted octanol–water partition coefficient (Wildman–Crippen LogP) is 0.432. The first kappa shape index (κ1) is 8.58. The zero-order valence-electron chi connectivity index (χ0n) is 5.23. The molecule has 1 unspecified atom stereocenters. The summed E-state index contributed by atoms with van der Waals surface area (Å²) in [5.41, 5.74) is 0. The minimum absolute atomic E-state index is 0.707. The van der Waals surface area contributed by atoms with E-state index in [0.717, 1.165) is 0 Å². The number of hydrogen-bond acceptors (Lipinski definition) is 2. The van der Waals surface area contributed by atoms with Gasteiger partial charge in [0.15, 0.2) is 0 Å². The van der Waals surface area contributed by atoms with Crippen LogP contribution in [0.3, 0.4) is 0 Å². The van der Waals surface area contributed by atoms with E-state index >= 15 is 0 Å². The maximum atomic E-state index is 12.4. The largest absolute Gasteiger partial charge is 0.326 e. The van der Waals surface area contributed by atoms with Crippen molar-refractivity contribution in [1.29, 1.82) is 0 Å². The molecule has 0 aromatic heterocycles. The lowest BCUT2D eigenvalue weighted by Crippen LogP contribution is -2.53. The summed E-state index contributed by atoms with van der Waals surface area (Å²) >= 11 is 2.71. The number of rotatable bonds is 0. The molecular formula is C5H4BrF2NO2. The Kier molecular flexibility index (Phi) is 1.96. The van der Waals surface area contributed by atoms with Gasteiger partial charge in [0.2, 0.25) is 5.91 Å². The molecule has 0 saturated carbocycles. The molecule has 1 heterocycles. The van der Waals surface area contributed by atoms with E-state index in [4.69, 9.17) is 0 Å². The van der Waals surface area contributed by atoms with Crippen LogP contribution in [0.2, 0.25) is 0 Å². The highest BCUT2D eigenvalue weighted by Crippen LogP contribution is 2.27. The molecule has 1 atom stereocenters. The van der Waals surface area contributed by atoms with Crippen LogP contribution in [0.15, 0.2) is 0 Å². The summed E-state index contributed by atoms with van der Waals surface area (Å²) in [7, 11) is 0. The van der Waals surface area contributed by atoms with Gasteiger partial charge in [0, 0.05) is 6.42 Å². The Morgan fingerprint density at radius 3 is 2.55 bits per heavy atom. The second-order valence-electron chi connectivity index (χ2n) is 2.19. The summed E-state index contributed by atoms with van der Waals surface area (Å²) in [5.74, 6) is -5.65. The van der Waals surface area contributed by atoms with Crippen LogP contribution in [0.25, 0.3) is 0 Å².